The van der Waals surface area contributed by atoms with E-state index < -0.39 is 5.91 Å². The molecule has 152 valence electrons. The van der Waals surface area contributed by atoms with E-state index in [0.717, 1.165) is 38.4 Å². The summed E-state index contributed by atoms with van der Waals surface area (Å²) in [5.41, 5.74) is 4.27. The van der Waals surface area contributed by atoms with Gasteiger partial charge in [0.05, 0.1) is 11.8 Å². The molecule has 6 nitrogen and oxygen atoms in total. The molecule has 0 radical (unpaired) electrons. The van der Waals surface area contributed by atoms with Crippen molar-refractivity contribution in [1.29, 1.82) is 5.26 Å². The van der Waals surface area contributed by atoms with Crippen LogP contribution in [0.4, 0.5) is 5.00 Å². The Morgan fingerprint density at radius 1 is 1.06 bits per heavy atom. The predicted octanol–water partition coefficient (Wildman–Crippen LogP) is 4.96. The number of amides is 2. The second-order valence-electron chi connectivity index (χ2n) is 6.98. The van der Waals surface area contributed by atoms with Gasteiger partial charge in [-0.3, -0.25) is 9.59 Å². The normalized spacial score (nSPS) is 11.0. The van der Waals surface area contributed by atoms with Crippen LogP contribution in [0.15, 0.2) is 59.7 Å². The van der Waals surface area contributed by atoms with Gasteiger partial charge in [0.1, 0.15) is 15.9 Å². The van der Waals surface area contributed by atoms with Crippen molar-refractivity contribution in [2.45, 2.75) is 13.8 Å². The summed E-state index contributed by atoms with van der Waals surface area (Å²) in [6.07, 6.45) is 1.64. The molecule has 7 heteroatoms. The van der Waals surface area contributed by atoms with Crippen LogP contribution in [0.5, 0.6) is 0 Å². The summed E-state index contributed by atoms with van der Waals surface area (Å²) in [6.45, 7) is 3.03. The molecule has 0 saturated heterocycles. The Balaban J connectivity index is 1.67. The molecule has 0 aliphatic heterocycles. The number of carbonyl (C=O) groups excluding carboxylic acids is 2. The zero-order valence-electron chi connectivity index (χ0n) is 16.9. The molecule has 0 bridgehead atoms. The molecule has 0 aliphatic rings. The summed E-state index contributed by atoms with van der Waals surface area (Å²) in [5, 5.41) is 20.8. The predicted molar refractivity (Wildman–Crippen MR) is 125 cm³/mol. The lowest BCUT2D eigenvalue weighted by Crippen LogP contribution is -2.17. The molecule has 0 atom stereocenters. The molecule has 2 amide bonds. The monoisotopic (exact) mass is 426 g/mol. The zero-order chi connectivity index (χ0) is 22.0. The van der Waals surface area contributed by atoms with E-state index in [2.05, 4.69) is 21.9 Å². The molecule has 0 fully saturated rings. The molecule has 1 heterocycles. The Bertz CT molecular complexity index is 1360. The van der Waals surface area contributed by atoms with Gasteiger partial charge < -0.3 is 5.32 Å². The summed E-state index contributed by atoms with van der Waals surface area (Å²) < 4.78 is 0. The molecule has 4 rings (SSSR count). The molecule has 0 saturated carbocycles. The number of thiophene rings is 1. The third kappa shape index (κ3) is 3.89. The first kappa shape index (κ1) is 20.3. The van der Waals surface area contributed by atoms with Gasteiger partial charge in [-0.2, -0.15) is 10.4 Å². The first-order chi connectivity index (χ1) is 15.0. The van der Waals surface area contributed by atoms with E-state index in [1.54, 1.807) is 13.1 Å². The number of nitrogens with one attached hydrogen (secondary N) is 2. The summed E-state index contributed by atoms with van der Waals surface area (Å²) in [6, 6.07) is 20.2. The van der Waals surface area contributed by atoms with E-state index in [0.29, 0.717) is 15.4 Å². The fraction of sp³-hybridized carbons (Fsp3) is 0.0833. The number of hydrogen-bond acceptors (Lipinski definition) is 5. The molecule has 0 spiro atoms. The first-order valence-electron chi connectivity index (χ1n) is 9.54. The van der Waals surface area contributed by atoms with Crippen LogP contribution in [0.25, 0.3) is 21.5 Å². The fourth-order valence-corrected chi connectivity index (χ4v) is 4.60. The van der Waals surface area contributed by atoms with Crippen LogP contribution in [0.1, 0.15) is 33.3 Å². The highest BCUT2D eigenvalue weighted by Crippen LogP contribution is 2.32. The highest BCUT2D eigenvalue weighted by atomic mass is 32.1. The second-order valence-corrected chi connectivity index (χ2v) is 8.01. The Morgan fingerprint density at radius 3 is 2.26 bits per heavy atom. The minimum atomic E-state index is -0.434. The minimum Gasteiger partial charge on any atom is -0.317 e. The smallest absolute Gasteiger partial charge is 0.281 e. The van der Waals surface area contributed by atoms with Gasteiger partial charge in [-0.05, 0) is 40.1 Å². The van der Waals surface area contributed by atoms with E-state index in [9.17, 15) is 14.9 Å². The van der Waals surface area contributed by atoms with E-state index >= 15 is 0 Å². The van der Waals surface area contributed by atoms with Gasteiger partial charge in [0.25, 0.3) is 5.91 Å². The summed E-state index contributed by atoms with van der Waals surface area (Å²) >= 11 is 1.06. The van der Waals surface area contributed by atoms with Crippen molar-refractivity contribution in [3.63, 3.8) is 0 Å². The van der Waals surface area contributed by atoms with Gasteiger partial charge >= 0.3 is 0 Å². The summed E-state index contributed by atoms with van der Waals surface area (Å²) in [5.74, 6) is -0.734. The number of anilines is 1. The molecule has 0 aliphatic carbocycles. The summed E-state index contributed by atoms with van der Waals surface area (Å²) in [4.78, 5) is 24.4. The third-order valence-electron chi connectivity index (χ3n) is 4.93. The number of nitriles is 1. The topological polar surface area (TPSA) is 94.3 Å². The van der Waals surface area contributed by atoms with Gasteiger partial charge in [0.2, 0.25) is 5.91 Å². The minimum absolute atomic E-state index is 0.286. The first-order valence-corrected chi connectivity index (χ1v) is 10.4. The molecule has 4 aromatic rings. The average molecular weight is 427 g/mol. The second kappa shape index (κ2) is 8.38. The van der Waals surface area contributed by atoms with E-state index in [1.807, 2.05) is 54.6 Å². The Hall–Kier alpha value is -4.02. The van der Waals surface area contributed by atoms with Crippen molar-refractivity contribution < 1.29 is 9.59 Å². The number of benzene rings is 3. The van der Waals surface area contributed by atoms with Gasteiger partial charge in [0.15, 0.2) is 0 Å². The molecule has 2 N–H and O–H groups in total. The fourth-order valence-electron chi connectivity index (χ4n) is 3.51. The van der Waals surface area contributed by atoms with Crippen LogP contribution in [-0.4, -0.2) is 18.0 Å². The van der Waals surface area contributed by atoms with Crippen molar-refractivity contribution in [3.05, 3.63) is 76.2 Å². The quantitative estimate of drug-likeness (QED) is 0.274. The van der Waals surface area contributed by atoms with Crippen molar-refractivity contribution in [2.24, 2.45) is 5.10 Å². The Morgan fingerprint density at radius 2 is 1.68 bits per heavy atom. The molecular formula is C24H18N4O2S. The van der Waals surface area contributed by atoms with Crippen LogP contribution < -0.4 is 10.7 Å². The molecule has 31 heavy (non-hydrogen) atoms. The number of carbonyl (C=O) groups is 2. The standard InChI is InChI=1S/C24H18N4O2S/c1-14-20(12-25)24(27-15(2)29)31-22(14)23(30)28-26-13-21-18-9-5-3-7-16(18)11-17-8-4-6-10-19(17)21/h3-11,13H,1-2H3,(H,27,29)(H,28,30)/b26-13-. The van der Waals surface area contributed by atoms with Crippen LogP contribution >= 0.6 is 11.3 Å². The van der Waals surface area contributed by atoms with Gasteiger partial charge in [-0.25, -0.2) is 5.43 Å². The maximum atomic E-state index is 12.7. The number of nitrogens with zero attached hydrogens (tertiary/aromatic N) is 2. The molecule has 0 unspecified atom stereocenters. The number of hydrazone groups is 1. The molecule has 1 aromatic heterocycles. The van der Waals surface area contributed by atoms with E-state index in [1.165, 1.54) is 6.92 Å². The molecule has 3 aromatic carbocycles. The maximum absolute atomic E-state index is 12.7. The van der Waals surface area contributed by atoms with Crippen molar-refractivity contribution >= 4 is 55.9 Å². The highest BCUT2D eigenvalue weighted by Gasteiger charge is 2.20. The lowest BCUT2D eigenvalue weighted by atomic mass is 9.97. The third-order valence-corrected chi connectivity index (χ3v) is 6.13. The molecular weight excluding hydrogens is 408 g/mol. The van der Waals surface area contributed by atoms with Crippen LogP contribution in [0.3, 0.4) is 0 Å². The lowest BCUT2D eigenvalue weighted by Gasteiger charge is -2.08. The highest BCUT2D eigenvalue weighted by molar-refractivity contribution is 7.18. The lowest BCUT2D eigenvalue weighted by molar-refractivity contribution is -0.114. The Labute approximate surface area is 182 Å². The Kier molecular flexibility index (Phi) is 5.48. The zero-order valence-corrected chi connectivity index (χ0v) is 17.7. The SMILES string of the molecule is CC(=O)Nc1sc(C(=O)N/N=C\c2c3ccccc3cc3ccccc23)c(C)c1C#N. The van der Waals surface area contributed by atoms with Crippen LogP contribution in [0.2, 0.25) is 0 Å². The van der Waals surface area contributed by atoms with Crippen molar-refractivity contribution in [3.8, 4) is 6.07 Å². The average Bonchev–Trinajstić information content (AvgIpc) is 3.07. The van der Waals surface area contributed by atoms with E-state index in [4.69, 9.17) is 0 Å². The van der Waals surface area contributed by atoms with Gasteiger partial charge in [-0.15, -0.1) is 11.3 Å². The summed E-state index contributed by atoms with van der Waals surface area (Å²) in [7, 11) is 0. The largest absolute Gasteiger partial charge is 0.317 e. The van der Waals surface area contributed by atoms with E-state index in [-0.39, 0.29) is 11.5 Å². The number of fused-ring (bicyclic) bond motifs is 2. The number of hydrogen-bond donors (Lipinski definition) is 2. The maximum Gasteiger partial charge on any atom is 0.281 e. The number of rotatable bonds is 4. The van der Waals surface area contributed by atoms with Gasteiger partial charge in [-0.1, -0.05) is 48.5 Å². The van der Waals surface area contributed by atoms with Crippen molar-refractivity contribution in [2.75, 3.05) is 5.32 Å². The van der Waals surface area contributed by atoms with Gasteiger partial charge in [0, 0.05) is 12.5 Å². The van der Waals surface area contributed by atoms with Crippen LogP contribution in [-0.2, 0) is 4.79 Å². The van der Waals surface area contributed by atoms with Crippen LogP contribution in [0, 0.1) is 18.3 Å². The van der Waals surface area contributed by atoms with Crippen molar-refractivity contribution in [1.82, 2.24) is 5.43 Å².